The Morgan fingerprint density at radius 2 is 0.400 bits per heavy atom. The molecule has 0 aromatic heterocycles. The van der Waals surface area contributed by atoms with Crippen LogP contribution < -0.4 is 0 Å². The van der Waals surface area contributed by atoms with Crippen molar-refractivity contribution >= 4 is 57.6 Å². The largest absolute Gasteiger partial charge is 4.00 e. The van der Waals surface area contributed by atoms with Crippen LogP contribution in [0, 0.1) is 0 Å². The minimum atomic E-state index is 0. The predicted molar refractivity (Wildman–Crippen MR) is 51.1 cm³/mol. The van der Waals surface area contributed by atoms with E-state index in [-0.39, 0.29) is 57.6 Å². The summed E-state index contributed by atoms with van der Waals surface area (Å²) in [4.78, 5) is 0. The van der Waals surface area contributed by atoms with Gasteiger partial charge in [-0.2, -0.15) is 0 Å². The SMILES string of the molecule is [BH4-].[BH4-].[BH4-].[BH4-].[Sn+4]. The van der Waals surface area contributed by atoms with Crippen LogP contribution in [0.2, 0.25) is 0 Å². The summed E-state index contributed by atoms with van der Waals surface area (Å²) in [6, 6.07) is 0. The number of rotatable bonds is 0. The van der Waals surface area contributed by atoms with Gasteiger partial charge in [-0.25, -0.2) is 0 Å². The van der Waals surface area contributed by atoms with E-state index >= 15 is 0 Å². The van der Waals surface area contributed by atoms with E-state index in [1.165, 1.54) is 0 Å². The Morgan fingerprint density at radius 1 is 0.400 bits per heavy atom. The second-order valence-corrected chi connectivity index (χ2v) is 0. The van der Waals surface area contributed by atoms with Crippen LogP contribution in [0.3, 0.4) is 0 Å². The van der Waals surface area contributed by atoms with E-state index < -0.39 is 0 Å². The van der Waals surface area contributed by atoms with E-state index in [0.717, 1.165) is 0 Å². The first-order valence-corrected chi connectivity index (χ1v) is 0. The van der Waals surface area contributed by atoms with Crippen molar-refractivity contribution in [3.63, 3.8) is 0 Å². The van der Waals surface area contributed by atoms with Crippen LogP contribution >= 0.6 is 0 Å². The molecular weight excluding hydrogens is 162 g/mol. The second kappa shape index (κ2) is 74.4. The maximum absolute atomic E-state index is 0. The smallest absolute Gasteiger partial charge is 0.0626 e. The minimum absolute atomic E-state index is 0. The van der Waals surface area contributed by atoms with Crippen molar-refractivity contribution < 1.29 is 0 Å². The summed E-state index contributed by atoms with van der Waals surface area (Å²) in [6.07, 6.45) is 0. The predicted octanol–water partition coefficient (Wildman–Crippen LogP) is -6.19. The standard InChI is InChI=1S/4BH4.Sn/h4*1H4;/q4*-1;+4. The average molecular weight is 178 g/mol. The molecule has 0 saturated heterocycles. The van der Waals surface area contributed by atoms with Crippen molar-refractivity contribution in [3.05, 3.63) is 0 Å². The molecule has 0 bridgehead atoms. The van der Waals surface area contributed by atoms with Gasteiger partial charge in [-0.3, -0.25) is 0 Å². The van der Waals surface area contributed by atoms with Crippen LogP contribution in [0.5, 0.6) is 0 Å². The fourth-order valence-corrected chi connectivity index (χ4v) is 0. The molecule has 0 heterocycles. The van der Waals surface area contributed by atoms with Crippen molar-refractivity contribution in [1.29, 1.82) is 0 Å². The first kappa shape index (κ1) is 138. The van der Waals surface area contributed by atoms with Gasteiger partial charge in [0.1, 0.15) is 0 Å². The van der Waals surface area contributed by atoms with E-state index in [0.29, 0.717) is 0 Å². The monoisotopic (exact) mass is 180 g/mol. The molecule has 0 atom stereocenters. The van der Waals surface area contributed by atoms with Crippen molar-refractivity contribution in [2.24, 2.45) is 0 Å². The van der Waals surface area contributed by atoms with Crippen LogP contribution in [0.25, 0.3) is 0 Å². The molecule has 0 aromatic rings. The van der Waals surface area contributed by atoms with Gasteiger partial charge in [-0.05, 0) is 0 Å². The van der Waals surface area contributed by atoms with Gasteiger partial charge in [0.15, 0.2) is 0 Å². The summed E-state index contributed by atoms with van der Waals surface area (Å²) >= 11 is 0. The zero-order chi connectivity index (χ0) is 0. The first-order valence-electron chi connectivity index (χ1n) is 0. The summed E-state index contributed by atoms with van der Waals surface area (Å²) in [7, 11) is 0. The summed E-state index contributed by atoms with van der Waals surface area (Å²) < 4.78 is 0. The van der Waals surface area contributed by atoms with Crippen LogP contribution in [-0.2, 0) is 0 Å². The van der Waals surface area contributed by atoms with Crippen molar-refractivity contribution in [2.75, 3.05) is 0 Å². The molecule has 0 aliphatic rings. The Hall–Kier alpha value is 1.06. The normalized spacial score (nSPS) is 0. The molecule has 0 N–H and O–H groups in total. The van der Waals surface area contributed by atoms with Gasteiger partial charge in [0.2, 0.25) is 0 Å². The number of hydrogen-bond donors (Lipinski definition) is 0. The van der Waals surface area contributed by atoms with Crippen molar-refractivity contribution in [1.82, 2.24) is 0 Å². The van der Waals surface area contributed by atoms with E-state index in [9.17, 15) is 0 Å². The van der Waals surface area contributed by atoms with Crippen LogP contribution in [0.4, 0.5) is 0 Å². The molecule has 0 aromatic carbocycles. The Balaban J connectivity index is 0. The summed E-state index contributed by atoms with van der Waals surface area (Å²) in [6.45, 7) is 0. The van der Waals surface area contributed by atoms with Gasteiger partial charge < -0.3 is 0 Å². The zero-order valence-electron chi connectivity index (χ0n) is 0.500. The van der Waals surface area contributed by atoms with Crippen molar-refractivity contribution in [2.45, 2.75) is 0 Å². The molecule has 0 fully saturated rings. The summed E-state index contributed by atoms with van der Waals surface area (Å²) in [5.41, 5.74) is 0. The molecule has 5 heteroatoms. The van der Waals surface area contributed by atoms with Gasteiger partial charge in [-0.15, -0.1) is 0 Å². The molecule has 0 rings (SSSR count). The maximum atomic E-state index is 0. The third-order valence-corrected chi connectivity index (χ3v) is 0. The Kier molecular flexibility index (Phi) is 2060. The Morgan fingerprint density at radius 3 is 0.400 bits per heavy atom. The van der Waals surface area contributed by atoms with E-state index in [4.69, 9.17) is 0 Å². The van der Waals surface area contributed by atoms with Crippen LogP contribution in [-0.4, -0.2) is 57.6 Å². The van der Waals surface area contributed by atoms with Gasteiger partial charge in [0, 0.05) is 0 Å². The number of hydrogen-bond acceptors (Lipinski definition) is 0. The molecule has 0 spiro atoms. The average Bonchev–Trinajstić information content (AvgIpc) is 0. The van der Waals surface area contributed by atoms with E-state index in [1.54, 1.807) is 0 Å². The topological polar surface area (TPSA) is 0 Å². The third kappa shape index (κ3) is 42.2. The second-order valence-electron chi connectivity index (χ2n) is 0. The molecule has 0 saturated carbocycles. The molecule has 0 radical (unpaired) electrons. The molecule has 0 aliphatic heterocycles. The Labute approximate surface area is 57.7 Å². The van der Waals surface area contributed by atoms with E-state index in [1.807, 2.05) is 0 Å². The third-order valence-electron chi connectivity index (χ3n) is 0. The molecule has 5 heavy (non-hydrogen) atoms. The summed E-state index contributed by atoms with van der Waals surface area (Å²) in [5, 5.41) is 0. The minimum Gasteiger partial charge on any atom is -0.0626 e. The Bertz CT molecular complexity index is 3.61. The fraction of sp³-hybridized carbons (Fsp3) is 0. The fourth-order valence-electron chi connectivity index (χ4n) is 0. The maximum Gasteiger partial charge on any atom is 4.00 e. The molecule has 0 unspecified atom stereocenters. The van der Waals surface area contributed by atoms with E-state index in [2.05, 4.69) is 0 Å². The molecular formula is H16B4Sn. The van der Waals surface area contributed by atoms with Crippen LogP contribution in [0.1, 0.15) is 0 Å². The summed E-state index contributed by atoms with van der Waals surface area (Å²) in [5.74, 6) is 0. The van der Waals surface area contributed by atoms with Gasteiger partial charge >= 0.3 is 23.9 Å². The zero-order valence-corrected chi connectivity index (χ0v) is 3.35. The van der Waals surface area contributed by atoms with Gasteiger partial charge in [-0.1, -0.05) is 33.7 Å². The molecule has 32 valence electrons. The van der Waals surface area contributed by atoms with Crippen LogP contribution in [0.15, 0.2) is 0 Å². The first-order chi connectivity index (χ1) is 0. The molecule has 0 aliphatic carbocycles. The van der Waals surface area contributed by atoms with Crippen molar-refractivity contribution in [3.8, 4) is 0 Å². The van der Waals surface area contributed by atoms with Gasteiger partial charge in [0.05, 0.1) is 0 Å². The molecule has 0 nitrogen and oxygen atoms in total. The van der Waals surface area contributed by atoms with Gasteiger partial charge in [0.25, 0.3) is 0 Å². The molecule has 0 amide bonds. The quantitative estimate of drug-likeness (QED) is 0.324.